The number of Topliss-reactive ketones (excluding diaryl/α,β-unsaturated/α-hetero) is 1. The number of rotatable bonds is 4. The Labute approximate surface area is 132 Å². The zero-order chi connectivity index (χ0) is 15.7. The molecule has 0 N–H and O–H groups in total. The first-order valence-electron chi connectivity index (χ1n) is 6.75. The highest BCUT2D eigenvalue weighted by atomic mass is 35.5. The molecule has 1 aliphatic heterocycles. The van der Waals surface area contributed by atoms with Gasteiger partial charge in [0.25, 0.3) is 11.8 Å². The molecule has 1 aliphatic rings. The minimum absolute atomic E-state index is 0.101. The van der Waals surface area contributed by atoms with Crippen LogP contribution in [0.25, 0.3) is 0 Å². The van der Waals surface area contributed by atoms with Crippen molar-refractivity contribution in [3.05, 3.63) is 70.8 Å². The summed E-state index contributed by atoms with van der Waals surface area (Å²) in [5.41, 5.74) is 2.02. The molecular weight excluding hydrogens is 302 g/mol. The van der Waals surface area contributed by atoms with Gasteiger partial charge in [-0.3, -0.25) is 19.3 Å². The minimum atomic E-state index is -0.310. The second kappa shape index (κ2) is 5.73. The lowest BCUT2D eigenvalue weighted by Crippen LogP contribution is -2.29. The van der Waals surface area contributed by atoms with Gasteiger partial charge in [0.2, 0.25) is 0 Å². The Morgan fingerprint density at radius 1 is 0.955 bits per heavy atom. The zero-order valence-electron chi connectivity index (χ0n) is 11.6. The molecule has 0 radical (unpaired) electrons. The molecule has 0 fully saturated rings. The SMILES string of the molecule is O=C(CCl)c1cccc(CN2C(=O)c3ccccc3C2=O)c1. The number of amides is 2. The number of halogens is 1. The van der Waals surface area contributed by atoms with Gasteiger partial charge >= 0.3 is 0 Å². The van der Waals surface area contributed by atoms with Crippen molar-refractivity contribution in [3.8, 4) is 0 Å². The number of carbonyl (C=O) groups is 3. The number of ketones is 1. The van der Waals surface area contributed by atoms with E-state index in [4.69, 9.17) is 11.6 Å². The first kappa shape index (κ1) is 14.5. The fourth-order valence-corrected chi connectivity index (χ4v) is 2.64. The molecule has 3 rings (SSSR count). The van der Waals surface area contributed by atoms with Crippen LogP contribution in [0.4, 0.5) is 0 Å². The molecule has 0 unspecified atom stereocenters. The largest absolute Gasteiger partial charge is 0.293 e. The molecule has 110 valence electrons. The number of nitrogens with zero attached hydrogens (tertiary/aromatic N) is 1. The zero-order valence-corrected chi connectivity index (χ0v) is 12.3. The molecule has 0 spiro atoms. The molecule has 2 aromatic carbocycles. The molecule has 0 bridgehead atoms. The molecule has 4 nitrogen and oxygen atoms in total. The first-order valence-corrected chi connectivity index (χ1v) is 7.28. The number of alkyl halides is 1. The van der Waals surface area contributed by atoms with Crippen molar-refractivity contribution in [3.63, 3.8) is 0 Å². The Kier molecular flexibility index (Phi) is 3.77. The highest BCUT2D eigenvalue weighted by Gasteiger charge is 2.34. The van der Waals surface area contributed by atoms with E-state index in [1.54, 1.807) is 48.5 Å². The van der Waals surface area contributed by atoms with Crippen LogP contribution in [-0.4, -0.2) is 28.4 Å². The van der Waals surface area contributed by atoms with E-state index in [-0.39, 0.29) is 30.0 Å². The molecule has 22 heavy (non-hydrogen) atoms. The molecule has 0 aliphatic carbocycles. The molecule has 5 heteroatoms. The molecule has 2 aromatic rings. The number of carbonyl (C=O) groups excluding carboxylic acids is 3. The van der Waals surface area contributed by atoms with Crippen molar-refractivity contribution in [1.82, 2.24) is 4.90 Å². The maximum Gasteiger partial charge on any atom is 0.261 e. The lowest BCUT2D eigenvalue weighted by Gasteiger charge is -2.14. The molecule has 1 heterocycles. The maximum atomic E-state index is 12.3. The van der Waals surface area contributed by atoms with Gasteiger partial charge in [-0.2, -0.15) is 0 Å². The molecule has 2 amide bonds. The maximum absolute atomic E-state index is 12.3. The monoisotopic (exact) mass is 313 g/mol. The van der Waals surface area contributed by atoms with Gasteiger partial charge in [-0.05, 0) is 23.8 Å². The fraction of sp³-hybridized carbons (Fsp3) is 0.118. The first-order chi connectivity index (χ1) is 10.6. The van der Waals surface area contributed by atoms with Gasteiger partial charge in [0.05, 0.1) is 23.6 Å². The van der Waals surface area contributed by atoms with Crippen LogP contribution < -0.4 is 0 Å². The highest BCUT2D eigenvalue weighted by molar-refractivity contribution is 6.30. The second-order valence-electron chi connectivity index (χ2n) is 5.00. The minimum Gasteiger partial charge on any atom is -0.293 e. The second-order valence-corrected chi connectivity index (χ2v) is 5.27. The summed E-state index contributed by atoms with van der Waals surface area (Å²) >= 11 is 5.55. The number of benzene rings is 2. The normalized spacial score (nSPS) is 13.4. The lowest BCUT2D eigenvalue weighted by molar-refractivity contribution is 0.0642. The third-order valence-corrected chi connectivity index (χ3v) is 3.83. The number of imide groups is 1. The topological polar surface area (TPSA) is 54.5 Å². The fourth-order valence-electron chi connectivity index (χ4n) is 2.49. The van der Waals surface area contributed by atoms with E-state index in [0.717, 1.165) is 0 Å². The molecule has 0 saturated heterocycles. The van der Waals surface area contributed by atoms with E-state index in [1.807, 2.05) is 0 Å². The Balaban J connectivity index is 1.88. The van der Waals surface area contributed by atoms with E-state index in [1.165, 1.54) is 4.90 Å². The predicted octanol–water partition coefficient (Wildman–Crippen LogP) is 2.90. The van der Waals surface area contributed by atoms with Crippen LogP contribution in [0.15, 0.2) is 48.5 Å². The lowest BCUT2D eigenvalue weighted by atomic mass is 10.1. The predicted molar refractivity (Wildman–Crippen MR) is 82.1 cm³/mol. The van der Waals surface area contributed by atoms with Crippen LogP contribution >= 0.6 is 11.6 Å². The van der Waals surface area contributed by atoms with Gasteiger partial charge in [-0.1, -0.05) is 30.3 Å². The Morgan fingerprint density at radius 3 is 2.18 bits per heavy atom. The van der Waals surface area contributed by atoms with Gasteiger partial charge in [0.15, 0.2) is 5.78 Å². The number of hydrogen-bond acceptors (Lipinski definition) is 3. The summed E-state index contributed by atoms with van der Waals surface area (Å²) < 4.78 is 0. The Morgan fingerprint density at radius 2 is 1.59 bits per heavy atom. The molecule has 0 atom stereocenters. The van der Waals surface area contributed by atoms with Crippen LogP contribution in [0.5, 0.6) is 0 Å². The van der Waals surface area contributed by atoms with Gasteiger partial charge in [-0.15, -0.1) is 11.6 Å². The van der Waals surface area contributed by atoms with Crippen molar-refractivity contribution in [2.24, 2.45) is 0 Å². The van der Waals surface area contributed by atoms with Crippen molar-refractivity contribution in [2.45, 2.75) is 6.54 Å². The van der Waals surface area contributed by atoms with Gasteiger partial charge in [0.1, 0.15) is 0 Å². The van der Waals surface area contributed by atoms with E-state index in [2.05, 4.69) is 0 Å². The van der Waals surface area contributed by atoms with Crippen molar-refractivity contribution in [1.29, 1.82) is 0 Å². The summed E-state index contributed by atoms with van der Waals surface area (Å²) in [4.78, 5) is 37.4. The van der Waals surface area contributed by atoms with E-state index in [0.29, 0.717) is 22.3 Å². The third kappa shape index (κ3) is 2.42. The molecular formula is C17H12ClNO3. The molecule has 0 aromatic heterocycles. The summed E-state index contributed by atoms with van der Waals surface area (Å²) in [6.07, 6.45) is 0. The van der Waals surface area contributed by atoms with Gasteiger partial charge in [-0.25, -0.2) is 0 Å². The van der Waals surface area contributed by atoms with Crippen molar-refractivity contribution in [2.75, 3.05) is 5.88 Å². The summed E-state index contributed by atoms with van der Waals surface area (Å²) in [6.45, 7) is 0.135. The molecule has 0 saturated carbocycles. The van der Waals surface area contributed by atoms with Crippen LogP contribution in [-0.2, 0) is 6.54 Å². The average Bonchev–Trinajstić information content (AvgIpc) is 2.80. The van der Waals surface area contributed by atoms with Crippen LogP contribution in [0, 0.1) is 0 Å². The van der Waals surface area contributed by atoms with Crippen molar-refractivity contribution >= 4 is 29.2 Å². The average molecular weight is 314 g/mol. The van der Waals surface area contributed by atoms with Gasteiger partial charge in [0, 0.05) is 5.56 Å². The standard InChI is InChI=1S/C17H12ClNO3/c18-9-15(20)12-5-3-4-11(8-12)10-19-16(21)13-6-1-2-7-14(13)17(19)22/h1-8H,9-10H2. The summed E-state index contributed by atoms with van der Waals surface area (Å²) in [6, 6.07) is 13.6. The van der Waals surface area contributed by atoms with E-state index >= 15 is 0 Å². The van der Waals surface area contributed by atoms with E-state index in [9.17, 15) is 14.4 Å². The van der Waals surface area contributed by atoms with Crippen LogP contribution in [0.2, 0.25) is 0 Å². The van der Waals surface area contributed by atoms with E-state index < -0.39 is 0 Å². The number of fused-ring (bicyclic) bond motifs is 1. The Hall–Kier alpha value is -2.46. The summed E-state index contributed by atoms with van der Waals surface area (Å²) in [7, 11) is 0. The quantitative estimate of drug-likeness (QED) is 0.495. The summed E-state index contributed by atoms with van der Waals surface area (Å²) in [5.74, 6) is -0.911. The van der Waals surface area contributed by atoms with Crippen molar-refractivity contribution < 1.29 is 14.4 Å². The summed E-state index contributed by atoms with van der Waals surface area (Å²) in [5, 5.41) is 0. The number of hydrogen-bond donors (Lipinski definition) is 0. The van der Waals surface area contributed by atoms with Crippen LogP contribution in [0.3, 0.4) is 0 Å². The third-order valence-electron chi connectivity index (χ3n) is 3.59. The highest BCUT2D eigenvalue weighted by Crippen LogP contribution is 2.24. The smallest absolute Gasteiger partial charge is 0.261 e. The van der Waals surface area contributed by atoms with Gasteiger partial charge < -0.3 is 0 Å². The Bertz CT molecular complexity index is 750. The van der Waals surface area contributed by atoms with Crippen LogP contribution in [0.1, 0.15) is 36.6 Å².